The van der Waals surface area contributed by atoms with E-state index in [0.717, 1.165) is 6.42 Å². The van der Waals surface area contributed by atoms with Crippen LogP contribution in [0, 0.1) is 0 Å². The van der Waals surface area contributed by atoms with Crippen molar-refractivity contribution in [1.29, 1.82) is 0 Å². The molecule has 0 aromatic carbocycles. The highest BCUT2D eigenvalue weighted by Crippen LogP contribution is 2.34. The van der Waals surface area contributed by atoms with Crippen molar-refractivity contribution >= 4 is 0 Å². The normalized spacial score (nSPS) is 12.4. The van der Waals surface area contributed by atoms with Gasteiger partial charge in [-0.3, -0.25) is 0 Å². The molecule has 0 atom stereocenters. The number of hydrogen-bond acceptors (Lipinski definition) is 0. The predicted molar refractivity (Wildman–Crippen MR) is 57.0 cm³/mol. The molecule has 15 heavy (non-hydrogen) atoms. The van der Waals surface area contributed by atoms with E-state index in [2.05, 4.69) is 60.1 Å². The lowest BCUT2D eigenvalue weighted by molar-refractivity contribution is -0.672. The van der Waals surface area contributed by atoms with E-state index >= 15 is 0 Å². The van der Waals surface area contributed by atoms with Crippen LogP contribution in [0.5, 0.6) is 0 Å². The summed E-state index contributed by atoms with van der Waals surface area (Å²) in [5, 5.41) is 0. The number of rotatable bonds is 0. The fraction of sp³-hybridized carbons (Fsp3) is 0.231. The van der Waals surface area contributed by atoms with E-state index in [0.29, 0.717) is 0 Å². The zero-order chi connectivity index (χ0) is 10.4. The van der Waals surface area contributed by atoms with E-state index in [1.807, 2.05) is 0 Å². The van der Waals surface area contributed by atoms with Gasteiger partial charge in [0.25, 0.3) is 0 Å². The Morgan fingerprint density at radius 3 is 1.80 bits per heavy atom. The predicted octanol–water partition coefficient (Wildman–Crippen LogP) is 0.907. The highest BCUT2D eigenvalue weighted by Gasteiger charge is 2.22. The van der Waals surface area contributed by atoms with Crippen molar-refractivity contribution in [3.8, 4) is 11.1 Å². The van der Waals surface area contributed by atoms with Gasteiger partial charge in [-0.05, 0) is 11.1 Å². The maximum Gasteiger partial charge on any atom is 0.172 e. The molecule has 2 heteroatoms. The SMILES string of the molecule is C[n+]1ccc2c(c1)Cc1c[n+](C)ccc1-2. The molecular weight excluding hydrogens is 184 g/mol. The standard InChI is InChI=1S/C13H14N2/c1-14-5-3-12-10(8-14)7-11-9-15(2)6-4-13(11)12/h3-6,8-9H,7H2,1-2H3/q+2. The van der Waals surface area contributed by atoms with Crippen LogP contribution >= 0.6 is 0 Å². The van der Waals surface area contributed by atoms with Gasteiger partial charge in [0.1, 0.15) is 14.1 Å². The second kappa shape index (κ2) is 2.89. The Hall–Kier alpha value is -1.70. The number of hydrogen-bond donors (Lipinski definition) is 0. The Kier molecular flexibility index (Phi) is 1.66. The molecule has 0 bridgehead atoms. The molecule has 0 radical (unpaired) electrons. The lowest BCUT2D eigenvalue weighted by Gasteiger charge is -1.97. The molecular formula is C13H14N2+2. The van der Waals surface area contributed by atoms with Crippen LogP contribution in [0.1, 0.15) is 11.1 Å². The molecule has 2 heterocycles. The van der Waals surface area contributed by atoms with Gasteiger partial charge in [-0.1, -0.05) is 0 Å². The van der Waals surface area contributed by atoms with Gasteiger partial charge in [0.2, 0.25) is 0 Å². The summed E-state index contributed by atoms with van der Waals surface area (Å²) in [5.41, 5.74) is 5.65. The first-order valence-corrected chi connectivity index (χ1v) is 5.21. The van der Waals surface area contributed by atoms with Gasteiger partial charge in [0, 0.05) is 29.7 Å². The van der Waals surface area contributed by atoms with E-state index in [1.165, 1.54) is 22.3 Å². The van der Waals surface area contributed by atoms with Gasteiger partial charge in [0.15, 0.2) is 24.8 Å². The number of fused-ring (bicyclic) bond motifs is 3. The Balaban J connectivity index is 2.24. The van der Waals surface area contributed by atoms with E-state index < -0.39 is 0 Å². The molecule has 0 unspecified atom stereocenters. The summed E-state index contributed by atoms with van der Waals surface area (Å²) in [6, 6.07) is 4.42. The minimum atomic E-state index is 1.06. The van der Waals surface area contributed by atoms with Crippen LogP contribution in [0.3, 0.4) is 0 Å². The minimum Gasteiger partial charge on any atom is -0.207 e. The van der Waals surface area contributed by atoms with Crippen LogP contribution in [0.25, 0.3) is 11.1 Å². The zero-order valence-corrected chi connectivity index (χ0v) is 9.07. The third-order valence-electron chi connectivity index (χ3n) is 3.03. The molecule has 0 N–H and O–H groups in total. The highest BCUT2D eigenvalue weighted by atomic mass is 14.9. The van der Waals surface area contributed by atoms with Crippen LogP contribution in [-0.2, 0) is 20.5 Å². The van der Waals surface area contributed by atoms with Crippen molar-refractivity contribution in [1.82, 2.24) is 0 Å². The van der Waals surface area contributed by atoms with Gasteiger partial charge < -0.3 is 0 Å². The summed E-state index contributed by atoms with van der Waals surface area (Å²) in [4.78, 5) is 0. The first kappa shape index (κ1) is 8.60. The largest absolute Gasteiger partial charge is 0.207 e. The van der Waals surface area contributed by atoms with Crippen LogP contribution < -0.4 is 9.13 Å². The number of pyridine rings is 2. The molecule has 0 amide bonds. The third-order valence-corrected chi connectivity index (χ3v) is 3.03. The number of aromatic nitrogens is 2. The van der Waals surface area contributed by atoms with Crippen molar-refractivity contribution in [3.63, 3.8) is 0 Å². The Bertz CT molecular complexity index is 495. The van der Waals surface area contributed by atoms with E-state index in [1.54, 1.807) is 0 Å². The average molecular weight is 198 g/mol. The van der Waals surface area contributed by atoms with Crippen molar-refractivity contribution in [2.75, 3.05) is 0 Å². The summed E-state index contributed by atoms with van der Waals surface area (Å²) in [5.74, 6) is 0. The first-order chi connectivity index (χ1) is 7.24. The van der Waals surface area contributed by atoms with Gasteiger partial charge in [-0.25, -0.2) is 9.13 Å². The van der Waals surface area contributed by atoms with Crippen molar-refractivity contribution in [2.45, 2.75) is 6.42 Å². The molecule has 2 aromatic heterocycles. The summed E-state index contributed by atoms with van der Waals surface area (Å²) in [6.07, 6.45) is 9.72. The van der Waals surface area contributed by atoms with Crippen LogP contribution in [0.15, 0.2) is 36.9 Å². The molecule has 2 aromatic rings. The van der Waals surface area contributed by atoms with Crippen LogP contribution in [-0.4, -0.2) is 0 Å². The smallest absolute Gasteiger partial charge is 0.172 e. The fourth-order valence-corrected chi connectivity index (χ4v) is 2.33. The Morgan fingerprint density at radius 1 is 0.867 bits per heavy atom. The van der Waals surface area contributed by atoms with E-state index in [4.69, 9.17) is 0 Å². The molecule has 2 nitrogen and oxygen atoms in total. The summed E-state index contributed by atoms with van der Waals surface area (Å²) >= 11 is 0. The van der Waals surface area contributed by atoms with Gasteiger partial charge in [-0.15, -0.1) is 0 Å². The number of aryl methyl sites for hydroxylation is 2. The Labute approximate surface area is 89.4 Å². The molecule has 0 spiro atoms. The monoisotopic (exact) mass is 198 g/mol. The van der Waals surface area contributed by atoms with Gasteiger partial charge >= 0.3 is 0 Å². The quantitative estimate of drug-likeness (QED) is 0.474. The second-order valence-electron chi connectivity index (χ2n) is 4.28. The molecule has 1 aliphatic carbocycles. The van der Waals surface area contributed by atoms with Gasteiger partial charge in [0.05, 0.1) is 0 Å². The van der Waals surface area contributed by atoms with E-state index in [-0.39, 0.29) is 0 Å². The van der Waals surface area contributed by atoms with Crippen LogP contribution in [0.2, 0.25) is 0 Å². The summed E-state index contributed by atoms with van der Waals surface area (Å²) < 4.78 is 4.23. The molecule has 0 aliphatic heterocycles. The molecule has 74 valence electrons. The zero-order valence-electron chi connectivity index (χ0n) is 9.07. The Morgan fingerprint density at radius 2 is 1.33 bits per heavy atom. The number of nitrogens with zero attached hydrogens (tertiary/aromatic N) is 2. The van der Waals surface area contributed by atoms with Gasteiger partial charge in [-0.2, -0.15) is 0 Å². The van der Waals surface area contributed by atoms with Crippen molar-refractivity contribution in [3.05, 3.63) is 48.0 Å². The molecule has 3 rings (SSSR count). The summed E-state index contributed by atoms with van der Waals surface area (Å²) in [6.45, 7) is 0. The van der Waals surface area contributed by atoms with Crippen molar-refractivity contribution < 1.29 is 9.13 Å². The molecule has 1 aliphatic rings. The highest BCUT2D eigenvalue weighted by molar-refractivity contribution is 5.74. The minimum absolute atomic E-state index is 1.06. The third kappa shape index (κ3) is 1.25. The van der Waals surface area contributed by atoms with Crippen molar-refractivity contribution in [2.24, 2.45) is 14.1 Å². The summed E-state index contributed by atoms with van der Waals surface area (Å²) in [7, 11) is 4.15. The van der Waals surface area contributed by atoms with Crippen LogP contribution in [0.4, 0.5) is 0 Å². The fourth-order valence-electron chi connectivity index (χ4n) is 2.33. The molecule has 0 saturated carbocycles. The lowest BCUT2D eigenvalue weighted by atomic mass is 10.1. The average Bonchev–Trinajstić information content (AvgIpc) is 2.53. The second-order valence-corrected chi connectivity index (χ2v) is 4.28. The lowest BCUT2D eigenvalue weighted by Crippen LogP contribution is -2.27. The molecule has 0 fully saturated rings. The maximum atomic E-state index is 2.22. The molecule has 0 saturated heterocycles. The maximum absolute atomic E-state index is 2.22. The van der Waals surface area contributed by atoms with E-state index in [9.17, 15) is 0 Å². The first-order valence-electron chi connectivity index (χ1n) is 5.21. The topological polar surface area (TPSA) is 7.76 Å².